The van der Waals surface area contributed by atoms with Crippen LogP contribution in [0.3, 0.4) is 0 Å². The molecule has 2 N–H and O–H groups in total. The predicted octanol–water partition coefficient (Wildman–Crippen LogP) is 0.952. The number of piperidine rings is 1. The van der Waals surface area contributed by atoms with Gasteiger partial charge in [0.15, 0.2) is 0 Å². The van der Waals surface area contributed by atoms with E-state index in [9.17, 15) is 9.59 Å². The quantitative estimate of drug-likeness (QED) is 0.773. The third-order valence-electron chi connectivity index (χ3n) is 3.32. The van der Waals surface area contributed by atoms with Gasteiger partial charge in [-0.1, -0.05) is 6.92 Å². The zero-order valence-corrected chi connectivity index (χ0v) is 11.0. The summed E-state index contributed by atoms with van der Waals surface area (Å²) in [6, 6.07) is -0.639. The van der Waals surface area contributed by atoms with Crippen LogP contribution < -0.4 is 10.6 Å². The van der Waals surface area contributed by atoms with E-state index in [1.54, 1.807) is 0 Å². The molecule has 5 nitrogen and oxygen atoms in total. The Morgan fingerprint density at radius 2 is 1.94 bits per heavy atom. The van der Waals surface area contributed by atoms with Crippen LogP contribution >= 0.6 is 0 Å². The van der Waals surface area contributed by atoms with Crippen molar-refractivity contribution < 1.29 is 9.59 Å². The number of carbonyl (C=O) groups excluding carboxylic acids is 2. The van der Waals surface area contributed by atoms with Crippen LogP contribution in [0.5, 0.6) is 0 Å². The van der Waals surface area contributed by atoms with E-state index < -0.39 is 6.03 Å². The van der Waals surface area contributed by atoms with Crippen LogP contribution in [-0.4, -0.2) is 42.5 Å². The first-order valence-corrected chi connectivity index (χ1v) is 6.37. The highest BCUT2D eigenvalue weighted by molar-refractivity contribution is 5.96. The molecule has 0 radical (unpaired) electrons. The summed E-state index contributed by atoms with van der Waals surface area (Å²) in [4.78, 5) is 25.2. The van der Waals surface area contributed by atoms with E-state index in [0.717, 1.165) is 31.8 Å². The Kier molecular flexibility index (Phi) is 5.41. The van der Waals surface area contributed by atoms with Gasteiger partial charge in [-0.3, -0.25) is 15.0 Å². The zero-order chi connectivity index (χ0) is 12.8. The number of amides is 3. The summed E-state index contributed by atoms with van der Waals surface area (Å²) >= 11 is 0. The molecule has 0 saturated carbocycles. The van der Waals surface area contributed by atoms with Crippen molar-refractivity contribution in [3.05, 3.63) is 0 Å². The van der Waals surface area contributed by atoms with Crippen LogP contribution in [0.15, 0.2) is 0 Å². The predicted molar refractivity (Wildman–Crippen MR) is 66.6 cm³/mol. The molecule has 0 aromatic carbocycles. The van der Waals surface area contributed by atoms with Crippen LogP contribution in [-0.2, 0) is 4.79 Å². The normalized spacial score (nSPS) is 19.7. The van der Waals surface area contributed by atoms with E-state index in [1.807, 2.05) is 13.8 Å². The molecule has 0 bridgehead atoms. The summed E-state index contributed by atoms with van der Waals surface area (Å²) in [7, 11) is 0. The highest BCUT2D eigenvalue weighted by atomic mass is 16.2. The lowest BCUT2D eigenvalue weighted by molar-refractivity contribution is -0.125. The van der Waals surface area contributed by atoms with Crippen molar-refractivity contribution in [3.63, 3.8) is 0 Å². The fourth-order valence-electron chi connectivity index (χ4n) is 2.00. The summed E-state index contributed by atoms with van der Waals surface area (Å²) in [6.45, 7) is 8.30. The minimum Gasteiger partial charge on any atom is -0.338 e. The van der Waals surface area contributed by atoms with Gasteiger partial charge in [-0.15, -0.1) is 0 Å². The van der Waals surface area contributed by atoms with Gasteiger partial charge in [-0.2, -0.15) is 0 Å². The standard InChI is InChI=1S/C12H23N3O2/c1-4-13-12(17)14-11(16)10(3)15-7-5-9(2)6-8-15/h9-10H,4-8H2,1-3H3,(H2,13,14,16,17). The molecule has 17 heavy (non-hydrogen) atoms. The Balaban J connectivity index is 2.38. The fraction of sp³-hybridized carbons (Fsp3) is 0.833. The molecule has 5 heteroatoms. The van der Waals surface area contributed by atoms with Crippen molar-refractivity contribution in [2.45, 2.75) is 39.7 Å². The minimum atomic E-state index is -0.408. The Hall–Kier alpha value is -1.10. The van der Waals surface area contributed by atoms with Crippen LogP contribution in [0, 0.1) is 5.92 Å². The van der Waals surface area contributed by atoms with Crippen molar-refractivity contribution in [2.24, 2.45) is 5.92 Å². The summed E-state index contributed by atoms with van der Waals surface area (Å²) in [5, 5.41) is 4.91. The monoisotopic (exact) mass is 241 g/mol. The molecular formula is C12H23N3O2. The van der Waals surface area contributed by atoms with Gasteiger partial charge < -0.3 is 5.32 Å². The van der Waals surface area contributed by atoms with E-state index in [4.69, 9.17) is 0 Å². The second-order valence-electron chi connectivity index (χ2n) is 4.74. The third-order valence-corrected chi connectivity index (χ3v) is 3.32. The van der Waals surface area contributed by atoms with Crippen molar-refractivity contribution in [1.29, 1.82) is 0 Å². The molecule has 1 heterocycles. The van der Waals surface area contributed by atoms with Crippen LogP contribution in [0.25, 0.3) is 0 Å². The van der Waals surface area contributed by atoms with E-state index in [2.05, 4.69) is 22.5 Å². The van der Waals surface area contributed by atoms with E-state index >= 15 is 0 Å². The molecule has 1 atom stereocenters. The van der Waals surface area contributed by atoms with Gasteiger partial charge in [-0.05, 0) is 45.7 Å². The van der Waals surface area contributed by atoms with Crippen molar-refractivity contribution >= 4 is 11.9 Å². The molecule has 0 spiro atoms. The number of hydrogen-bond acceptors (Lipinski definition) is 3. The van der Waals surface area contributed by atoms with E-state index in [0.29, 0.717) is 6.54 Å². The Morgan fingerprint density at radius 1 is 1.35 bits per heavy atom. The maximum Gasteiger partial charge on any atom is 0.321 e. The van der Waals surface area contributed by atoms with Gasteiger partial charge in [0.2, 0.25) is 5.91 Å². The lowest BCUT2D eigenvalue weighted by Crippen LogP contribution is -2.51. The zero-order valence-electron chi connectivity index (χ0n) is 11.0. The average molecular weight is 241 g/mol. The summed E-state index contributed by atoms with van der Waals surface area (Å²) < 4.78 is 0. The Bertz CT molecular complexity index is 273. The second-order valence-corrected chi connectivity index (χ2v) is 4.74. The third kappa shape index (κ3) is 4.34. The summed E-state index contributed by atoms with van der Waals surface area (Å²) in [6.07, 6.45) is 2.25. The van der Waals surface area contributed by atoms with Crippen LogP contribution in [0.2, 0.25) is 0 Å². The largest absolute Gasteiger partial charge is 0.338 e. The van der Waals surface area contributed by atoms with E-state index in [1.165, 1.54) is 0 Å². The van der Waals surface area contributed by atoms with Crippen LogP contribution in [0.1, 0.15) is 33.6 Å². The summed E-state index contributed by atoms with van der Waals surface area (Å²) in [5.41, 5.74) is 0. The highest BCUT2D eigenvalue weighted by Gasteiger charge is 2.25. The maximum absolute atomic E-state index is 11.8. The van der Waals surface area contributed by atoms with Crippen molar-refractivity contribution in [1.82, 2.24) is 15.5 Å². The first-order chi connectivity index (χ1) is 8.04. The molecule has 1 aliphatic rings. The first-order valence-electron chi connectivity index (χ1n) is 6.37. The number of rotatable bonds is 3. The number of carbonyl (C=O) groups is 2. The molecule has 1 rings (SSSR count). The molecule has 0 aromatic rings. The lowest BCUT2D eigenvalue weighted by Gasteiger charge is -2.33. The minimum absolute atomic E-state index is 0.217. The smallest absolute Gasteiger partial charge is 0.321 e. The number of nitrogens with one attached hydrogen (secondary N) is 2. The number of nitrogens with zero attached hydrogens (tertiary/aromatic N) is 1. The number of hydrogen-bond donors (Lipinski definition) is 2. The molecule has 1 saturated heterocycles. The van der Waals surface area contributed by atoms with Gasteiger partial charge >= 0.3 is 6.03 Å². The molecular weight excluding hydrogens is 218 g/mol. The van der Waals surface area contributed by atoms with Gasteiger partial charge in [0.05, 0.1) is 6.04 Å². The molecule has 98 valence electrons. The number of imide groups is 1. The lowest BCUT2D eigenvalue weighted by atomic mass is 9.98. The molecule has 3 amide bonds. The molecule has 0 aliphatic carbocycles. The molecule has 1 unspecified atom stereocenters. The first kappa shape index (κ1) is 14.0. The van der Waals surface area contributed by atoms with Crippen molar-refractivity contribution in [2.75, 3.05) is 19.6 Å². The van der Waals surface area contributed by atoms with Gasteiger partial charge in [0, 0.05) is 6.54 Å². The molecule has 0 aromatic heterocycles. The number of urea groups is 1. The SMILES string of the molecule is CCNC(=O)NC(=O)C(C)N1CCC(C)CC1. The van der Waals surface area contributed by atoms with Crippen LogP contribution in [0.4, 0.5) is 4.79 Å². The second kappa shape index (κ2) is 6.59. The van der Waals surface area contributed by atoms with Crippen molar-refractivity contribution in [3.8, 4) is 0 Å². The number of likely N-dealkylation sites (tertiary alicyclic amines) is 1. The Morgan fingerprint density at radius 3 is 2.47 bits per heavy atom. The molecule has 1 aliphatic heterocycles. The highest BCUT2D eigenvalue weighted by Crippen LogP contribution is 2.17. The van der Waals surface area contributed by atoms with Gasteiger partial charge in [0.25, 0.3) is 0 Å². The van der Waals surface area contributed by atoms with Gasteiger partial charge in [-0.25, -0.2) is 4.79 Å². The topological polar surface area (TPSA) is 61.4 Å². The fourth-order valence-corrected chi connectivity index (χ4v) is 2.00. The summed E-state index contributed by atoms with van der Waals surface area (Å²) in [5.74, 6) is 0.524. The Labute approximate surface area is 103 Å². The molecule has 1 fully saturated rings. The maximum atomic E-state index is 11.8. The average Bonchev–Trinajstić information content (AvgIpc) is 2.29. The van der Waals surface area contributed by atoms with Gasteiger partial charge in [0.1, 0.15) is 0 Å². The van der Waals surface area contributed by atoms with E-state index in [-0.39, 0.29) is 11.9 Å².